The Morgan fingerprint density at radius 1 is 1.29 bits per heavy atom. The van der Waals surface area contributed by atoms with Crippen molar-refractivity contribution in [3.05, 3.63) is 47.5 Å². The third-order valence-corrected chi connectivity index (χ3v) is 2.94. The average molecular weight is 230 g/mol. The molecule has 17 heavy (non-hydrogen) atoms. The molecule has 0 radical (unpaired) electrons. The second-order valence-electron chi connectivity index (χ2n) is 4.18. The third-order valence-electron chi connectivity index (χ3n) is 2.94. The van der Waals surface area contributed by atoms with E-state index in [0.717, 1.165) is 19.5 Å². The van der Waals surface area contributed by atoms with Gasteiger partial charge in [-0.2, -0.15) is 5.10 Å². The minimum Gasteiger partial charge on any atom is -0.312 e. The molecule has 0 aliphatic heterocycles. The first-order chi connectivity index (χ1) is 8.27. The summed E-state index contributed by atoms with van der Waals surface area (Å²) < 4.78 is 1.91. The Hall–Kier alpha value is -1.68. The van der Waals surface area contributed by atoms with Crippen LogP contribution in [0.15, 0.2) is 30.7 Å². The van der Waals surface area contributed by atoms with Gasteiger partial charge in [0.15, 0.2) is 0 Å². The van der Waals surface area contributed by atoms with Crippen LogP contribution in [-0.2, 0) is 20.0 Å². The van der Waals surface area contributed by atoms with Crippen molar-refractivity contribution in [3.8, 4) is 0 Å². The maximum Gasteiger partial charge on any atom is 0.0492 e. The molecule has 0 aliphatic rings. The zero-order valence-corrected chi connectivity index (χ0v) is 10.3. The van der Waals surface area contributed by atoms with E-state index in [9.17, 15) is 0 Å². The van der Waals surface area contributed by atoms with Gasteiger partial charge in [0.25, 0.3) is 0 Å². The first-order valence-electron chi connectivity index (χ1n) is 5.84. The Kier molecular flexibility index (Phi) is 3.88. The predicted molar refractivity (Wildman–Crippen MR) is 67.6 cm³/mol. The molecule has 4 heteroatoms. The highest BCUT2D eigenvalue weighted by atomic mass is 15.3. The summed E-state index contributed by atoms with van der Waals surface area (Å²) in [5, 5.41) is 7.57. The van der Waals surface area contributed by atoms with Crippen molar-refractivity contribution < 1.29 is 0 Å². The first-order valence-corrected chi connectivity index (χ1v) is 5.84. The van der Waals surface area contributed by atoms with Crippen LogP contribution in [-0.4, -0.2) is 21.3 Å². The molecule has 2 heterocycles. The van der Waals surface area contributed by atoms with Gasteiger partial charge in [0, 0.05) is 50.8 Å². The van der Waals surface area contributed by atoms with Crippen LogP contribution >= 0.6 is 0 Å². The molecular formula is C13H18N4. The van der Waals surface area contributed by atoms with Gasteiger partial charge in [-0.25, -0.2) is 0 Å². The van der Waals surface area contributed by atoms with Gasteiger partial charge in [-0.05, 0) is 30.2 Å². The van der Waals surface area contributed by atoms with Crippen LogP contribution in [0.5, 0.6) is 0 Å². The van der Waals surface area contributed by atoms with Crippen LogP contribution in [0.3, 0.4) is 0 Å². The number of hydrogen-bond acceptors (Lipinski definition) is 3. The second kappa shape index (κ2) is 5.59. The van der Waals surface area contributed by atoms with Crippen molar-refractivity contribution in [3.63, 3.8) is 0 Å². The van der Waals surface area contributed by atoms with Crippen LogP contribution in [0, 0.1) is 6.92 Å². The Bertz CT molecular complexity index is 476. The van der Waals surface area contributed by atoms with Crippen LogP contribution < -0.4 is 5.32 Å². The van der Waals surface area contributed by atoms with Gasteiger partial charge in [-0.1, -0.05) is 0 Å². The molecule has 0 fully saturated rings. The highest BCUT2D eigenvalue weighted by molar-refractivity contribution is 5.20. The summed E-state index contributed by atoms with van der Waals surface area (Å²) in [4.78, 5) is 4.13. The summed E-state index contributed by atoms with van der Waals surface area (Å²) in [6.45, 7) is 3.94. The van der Waals surface area contributed by atoms with E-state index in [2.05, 4.69) is 28.4 Å². The van der Waals surface area contributed by atoms with E-state index >= 15 is 0 Å². The molecule has 90 valence electrons. The van der Waals surface area contributed by atoms with Crippen molar-refractivity contribution in [1.82, 2.24) is 20.1 Å². The van der Waals surface area contributed by atoms with Gasteiger partial charge in [0.1, 0.15) is 0 Å². The Morgan fingerprint density at radius 2 is 2.18 bits per heavy atom. The number of rotatable bonds is 5. The van der Waals surface area contributed by atoms with Crippen molar-refractivity contribution in [2.45, 2.75) is 19.9 Å². The fourth-order valence-electron chi connectivity index (χ4n) is 1.77. The second-order valence-corrected chi connectivity index (χ2v) is 4.18. The SMILES string of the molecule is Cc1ccncc1CNCCc1ccnn1C. The zero-order chi connectivity index (χ0) is 12.1. The van der Waals surface area contributed by atoms with Crippen molar-refractivity contribution in [2.75, 3.05) is 6.54 Å². The maximum absolute atomic E-state index is 4.15. The fourth-order valence-corrected chi connectivity index (χ4v) is 1.77. The monoisotopic (exact) mass is 230 g/mol. The van der Waals surface area contributed by atoms with E-state index in [1.165, 1.54) is 16.8 Å². The van der Waals surface area contributed by atoms with Gasteiger partial charge in [-0.3, -0.25) is 9.67 Å². The molecule has 1 N–H and O–H groups in total. The van der Waals surface area contributed by atoms with Crippen LogP contribution in [0.2, 0.25) is 0 Å². The third kappa shape index (κ3) is 3.14. The molecule has 0 saturated carbocycles. The lowest BCUT2D eigenvalue weighted by molar-refractivity contribution is 0.641. The quantitative estimate of drug-likeness (QED) is 0.791. The molecular weight excluding hydrogens is 212 g/mol. The van der Waals surface area contributed by atoms with E-state index in [1.54, 1.807) is 0 Å². The number of pyridine rings is 1. The van der Waals surface area contributed by atoms with Gasteiger partial charge >= 0.3 is 0 Å². The van der Waals surface area contributed by atoms with Crippen molar-refractivity contribution in [2.24, 2.45) is 7.05 Å². The lowest BCUT2D eigenvalue weighted by atomic mass is 10.1. The topological polar surface area (TPSA) is 42.7 Å². The predicted octanol–water partition coefficient (Wildman–Crippen LogP) is 1.46. The summed E-state index contributed by atoms with van der Waals surface area (Å²) in [5.41, 5.74) is 3.80. The molecule has 0 spiro atoms. The zero-order valence-electron chi connectivity index (χ0n) is 10.3. The van der Waals surface area contributed by atoms with Crippen LogP contribution in [0.25, 0.3) is 0 Å². The molecule has 0 unspecified atom stereocenters. The molecule has 2 rings (SSSR count). The summed E-state index contributed by atoms with van der Waals surface area (Å²) in [6, 6.07) is 4.09. The van der Waals surface area contributed by atoms with E-state index in [4.69, 9.17) is 0 Å². The highest BCUT2D eigenvalue weighted by Gasteiger charge is 1.99. The summed E-state index contributed by atoms with van der Waals surface area (Å²) in [5.74, 6) is 0. The molecule has 0 saturated heterocycles. The fraction of sp³-hybridized carbons (Fsp3) is 0.385. The lowest BCUT2D eigenvalue weighted by Gasteiger charge is -2.07. The van der Waals surface area contributed by atoms with Gasteiger partial charge in [-0.15, -0.1) is 0 Å². The molecule has 0 aliphatic carbocycles. The van der Waals surface area contributed by atoms with Crippen LogP contribution in [0.1, 0.15) is 16.8 Å². The molecule has 0 atom stereocenters. The smallest absolute Gasteiger partial charge is 0.0492 e. The number of aryl methyl sites for hydroxylation is 2. The number of hydrogen-bond donors (Lipinski definition) is 1. The number of aromatic nitrogens is 3. The molecule has 0 amide bonds. The minimum absolute atomic E-state index is 0.873. The van der Waals surface area contributed by atoms with Crippen LogP contribution in [0.4, 0.5) is 0 Å². The largest absolute Gasteiger partial charge is 0.312 e. The number of nitrogens with zero attached hydrogens (tertiary/aromatic N) is 3. The Labute approximate surface area is 102 Å². The van der Waals surface area contributed by atoms with Gasteiger partial charge < -0.3 is 5.32 Å². The highest BCUT2D eigenvalue weighted by Crippen LogP contribution is 2.04. The minimum atomic E-state index is 0.873. The number of nitrogens with one attached hydrogen (secondary N) is 1. The van der Waals surface area contributed by atoms with Crippen molar-refractivity contribution in [1.29, 1.82) is 0 Å². The normalized spacial score (nSPS) is 10.7. The lowest BCUT2D eigenvalue weighted by Crippen LogP contribution is -2.18. The summed E-state index contributed by atoms with van der Waals surface area (Å²) in [6.07, 6.45) is 6.58. The molecule has 0 bridgehead atoms. The Morgan fingerprint density at radius 3 is 2.88 bits per heavy atom. The van der Waals surface area contributed by atoms with Gasteiger partial charge in [0.05, 0.1) is 0 Å². The molecule has 4 nitrogen and oxygen atoms in total. The van der Waals surface area contributed by atoms with Gasteiger partial charge in [0.2, 0.25) is 0 Å². The van der Waals surface area contributed by atoms with E-state index in [-0.39, 0.29) is 0 Å². The van der Waals surface area contributed by atoms with Crippen molar-refractivity contribution >= 4 is 0 Å². The molecule has 2 aromatic heterocycles. The summed E-state index contributed by atoms with van der Waals surface area (Å²) >= 11 is 0. The first kappa shape index (κ1) is 11.8. The van der Waals surface area contributed by atoms with E-state index < -0.39 is 0 Å². The molecule has 2 aromatic rings. The van der Waals surface area contributed by atoms with E-state index in [0.29, 0.717) is 0 Å². The average Bonchev–Trinajstić information content (AvgIpc) is 2.73. The Balaban J connectivity index is 1.77. The molecule has 0 aromatic carbocycles. The maximum atomic E-state index is 4.15. The summed E-state index contributed by atoms with van der Waals surface area (Å²) in [7, 11) is 1.97. The van der Waals surface area contributed by atoms with E-state index in [1.807, 2.05) is 36.4 Å². The standard InChI is InChI=1S/C13H18N4/c1-11-3-6-14-9-12(11)10-15-7-4-13-5-8-16-17(13)2/h3,5-6,8-9,15H,4,7,10H2,1-2H3.